The van der Waals surface area contributed by atoms with E-state index >= 15 is 0 Å². The molecular formula is C19H32N2O. The van der Waals surface area contributed by atoms with E-state index in [9.17, 15) is 4.79 Å². The molecule has 0 radical (unpaired) electrons. The third-order valence-electron chi connectivity index (χ3n) is 7.34. The molecule has 4 unspecified atom stereocenters. The highest BCUT2D eigenvalue weighted by molar-refractivity contribution is 5.84. The summed E-state index contributed by atoms with van der Waals surface area (Å²) in [7, 11) is 0. The maximum Gasteiger partial charge on any atom is 0.229 e. The third kappa shape index (κ3) is 2.07. The van der Waals surface area contributed by atoms with Gasteiger partial charge in [0.15, 0.2) is 0 Å². The zero-order chi connectivity index (χ0) is 15.8. The summed E-state index contributed by atoms with van der Waals surface area (Å²) in [6.07, 6.45) is 8.59. The molecule has 1 amide bonds. The van der Waals surface area contributed by atoms with Crippen molar-refractivity contribution in [1.82, 2.24) is 4.90 Å². The Labute approximate surface area is 135 Å². The van der Waals surface area contributed by atoms with Crippen LogP contribution in [0.1, 0.15) is 65.7 Å². The number of hydrogen-bond acceptors (Lipinski definition) is 2. The van der Waals surface area contributed by atoms with Crippen LogP contribution in [0.3, 0.4) is 0 Å². The van der Waals surface area contributed by atoms with E-state index in [1.54, 1.807) is 0 Å². The predicted octanol–water partition coefficient (Wildman–Crippen LogP) is 3.18. The lowest BCUT2D eigenvalue weighted by Crippen LogP contribution is -2.60. The molecule has 2 N–H and O–H groups in total. The Balaban J connectivity index is 1.63. The van der Waals surface area contributed by atoms with Crippen LogP contribution in [0.15, 0.2) is 0 Å². The van der Waals surface area contributed by atoms with Gasteiger partial charge in [0.1, 0.15) is 0 Å². The molecule has 0 spiro atoms. The second-order valence-corrected chi connectivity index (χ2v) is 10.1. The van der Waals surface area contributed by atoms with Gasteiger partial charge in [-0.05, 0) is 81.1 Å². The highest BCUT2D eigenvalue weighted by Crippen LogP contribution is 2.70. The van der Waals surface area contributed by atoms with Crippen LogP contribution in [-0.4, -0.2) is 29.9 Å². The average Bonchev–Trinajstić information content (AvgIpc) is 2.74. The summed E-state index contributed by atoms with van der Waals surface area (Å²) < 4.78 is 0. The SMILES string of the molecule is CC1CC(CN)CN1C(=O)C12CC3CC(C)(CC(C)(C3)C1)C2. The molecule has 0 aromatic rings. The Morgan fingerprint density at radius 3 is 2.27 bits per heavy atom. The highest BCUT2D eigenvalue weighted by atomic mass is 16.2. The van der Waals surface area contributed by atoms with E-state index in [2.05, 4.69) is 25.7 Å². The summed E-state index contributed by atoms with van der Waals surface area (Å²) in [5.74, 6) is 1.79. The van der Waals surface area contributed by atoms with Gasteiger partial charge in [-0.15, -0.1) is 0 Å². The van der Waals surface area contributed by atoms with Crippen LogP contribution in [-0.2, 0) is 4.79 Å². The number of carbonyl (C=O) groups is 1. The summed E-state index contributed by atoms with van der Waals surface area (Å²) in [5.41, 5.74) is 6.66. The van der Waals surface area contributed by atoms with Crippen molar-refractivity contribution in [3.05, 3.63) is 0 Å². The van der Waals surface area contributed by atoms with Gasteiger partial charge in [-0.1, -0.05) is 13.8 Å². The first-order chi connectivity index (χ1) is 10.3. The highest BCUT2D eigenvalue weighted by Gasteiger charge is 2.63. The number of nitrogens with two attached hydrogens (primary N) is 1. The van der Waals surface area contributed by atoms with Crippen LogP contribution >= 0.6 is 0 Å². The molecule has 5 fully saturated rings. The number of hydrogen-bond donors (Lipinski definition) is 1. The van der Waals surface area contributed by atoms with Gasteiger partial charge in [0.2, 0.25) is 5.91 Å². The standard InChI is InChI=1S/C19H32N2O/c1-13-4-14(8-20)9-21(13)16(22)19-7-15-5-17(2,11-19)10-18(3,6-15)12-19/h13-15H,4-12,20H2,1-3H3. The summed E-state index contributed by atoms with van der Waals surface area (Å²) in [6, 6.07) is 0.384. The zero-order valence-corrected chi connectivity index (χ0v) is 14.5. The third-order valence-corrected chi connectivity index (χ3v) is 7.34. The first-order valence-corrected chi connectivity index (χ1v) is 9.28. The molecule has 22 heavy (non-hydrogen) atoms. The van der Waals surface area contributed by atoms with Crippen molar-refractivity contribution in [2.45, 2.75) is 71.8 Å². The number of carbonyl (C=O) groups excluding carboxylic acids is 1. The molecule has 4 bridgehead atoms. The van der Waals surface area contributed by atoms with Crippen LogP contribution in [0, 0.1) is 28.1 Å². The Hall–Kier alpha value is -0.570. The molecule has 124 valence electrons. The largest absolute Gasteiger partial charge is 0.339 e. The number of rotatable bonds is 2. The molecule has 3 nitrogen and oxygen atoms in total. The first kappa shape index (κ1) is 15.0. The topological polar surface area (TPSA) is 46.3 Å². The summed E-state index contributed by atoms with van der Waals surface area (Å²) >= 11 is 0. The van der Waals surface area contributed by atoms with Crippen LogP contribution in [0.25, 0.3) is 0 Å². The minimum Gasteiger partial charge on any atom is -0.339 e. The van der Waals surface area contributed by atoms with Gasteiger partial charge in [0.25, 0.3) is 0 Å². The van der Waals surface area contributed by atoms with E-state index in [0.29, 0.717) is 28.7 Å². The zero-order valence-electron chi connectivity index (χ0n) is 14.5. The van der Waals surface area contributed by atoms with Gasteiger partial charge in [-0.2, -0.15) is 0 Å². The molecule has 5 aliphatic rings. The molecule has 4 atom stereocenters. The van der Waals surface area contributed by atoms with Crippen LogP contribution in [0.4, 0.5) is 0 Å². The molecule has 1 aliphatic heterocycles. The number of nitrogens with zero attached hydrogens (tertiary/aromatic N) is 1. The van der Waals surface area contributed by atoms with Gasteiger partial charge >= 0.3 is 0 Å². The Bertz CT molecular complexity index is 484. The number of amides is 1. The van der Waals surface area contributed by atoms with Gasteiger partial charge in [-0.25, -0.2) is 0 Å². The normalized spacial score (nSPS) is 53.3. The van der Waals surface area contributed by atoms with Crippen molar-refractivity contribution in [3.8, 4) is 0 Å². The van der Waals surface area contributed by atoms with Gasteiger partial charge in [-0.3, -0.25) is 4.79 Å². The van der Waals surface area contributed by atoms with E-state index in [1.165, 1.54) is 19.3 Å². The Kier molecular flexibility index (Phi) is 3.06. The van der Waals surface area contributed by atoms with E-state index in [-0.39, 0.29) is 5.41 Å². The molecule has 0 aromatic carbocycles. The van der Waals surface area contributed by atoms with Crippen LogP contribution in [0.2, 0.25) is 0 Å². The molecule has 5 rings (SSSR count). The molecule has 3 heteroatoms. The fourth-order valence-corrected chi connectivity index (χ4v) is 7.59. The van der Waals surface area contributed by atoms with E-state index in [0.717, 1.165) is 44.7 Å². The maximum absolute atomic E-state index is 13.5. The monoisotopic (exact) mass is 304 g/mol. The smallest absolute Gasteiger partial charge is 0.229 e. The lowest BCUT2D eigenvalue weighted by molar-refractivity contribution is -0.180. The van der Waals surface area contributed by atoms with Crippen LogP contribution < -0.4 is 5.73 Å². The molecule has 1 saturated heterocycles. The van der Waals surface area contributed by atoms with Crippen molar-refractivity contribution < 1.29 is 4.79 Å². The van der Waals surface area contributed by atoms with Crippen molar-refractivity contribution in [3.63, 3.8) is 0 Å². The Morgan fingerprint density at radius 2 is 1.77 bits per heavy atom. The maximum atomic E-state index is 13.5. The first-order valence-electron chi connectivity index (χ1n) is 9.28. The predicted molar refractivity (Wildman–Crippen MR) is 88.2 cm³/mol. The second kappa shape index (κ2) is 4.49. The van der Waals surface area contributed by atoms with Crippen LogP contribution in [0.5, 0.6) is 0 Å². The quantitative estimate of drug-likeness (QED) is 0.851. The van der Waals surface area contributed by atoms with E-state index in [1.807, 2.05) is 0 Å². The Morgan fingerprint density at radius 1 is 1.14 bits per heavy atom. The van der Waals surface area contributed by atoms with Crippen molar-refractivity contribution in [2.75, 3.05) is 13.1 Å². The second-order valence-electron chi connectivity index (χ2n) is 10.1. The minimum atomic E-state index is -0.0410. The molecule has 4 saturated carbocycles. The molecule has 0 aromatic heterocycles. The average molecular weight is 304 g/mol. The van der Waals surface area contributed by atoms with Gasteiger partial charge < -0.3 is 10.6 Å². The molecule has 4 aliphatic carbocycles. The van der Waals surface area contributed by atoms with Gasteiger partial charge in [0.05, 0.1) is 5.41 Å². The summed E-state index contributed by atoms with van der Waals surface area (Å²) in [6.45, 7) is 8.74. The number of likely N-dealkylation sites (tertiary alicyclic amines) is 1. The van der Waals surface area contributed by atoms with Crippen molar-refractivity contribution in [1.29, 1.82) is 0 Å². The summed E-state index contributed by atoms with van der Waals surface area (Å²) in [5, 5.41) is 0. The molecular weight excluding hydrogens is 272 g/mol. The fraction of sp³-hybridized carbons (Fsp3) is 0.947. The van der Waals surface area contributed by atoms with E-state index < -0.39 is 0 Å². The molecule has 1 heterocycles. The van der Waals surface area contributed by atoms with Gasteiger partial charge in [0, 0.05) is 12.6 Å². The lowest BCUT2D eigenvalue weighted by atomic mass is 9.40. The van der Waals surface area contributed by atoms with Crippen molar-refractivity contribution in [2.24, 2.45) is 33.8 Å². The van der Waals surface area contributed by atoms with Crippen molar-refractivity contribution >= 4 is 5.91 Å². The fourth-order valence-electron chi connectivity index (χ4n) is 7.59. The lowest BCUT2D eigenvalue weighted by Gasteiger charge is -2.65. The van der Waals surface area contributed by atoms with E-state index in [4.69, 9.17) is 5.73 Å². The summed E-state index contributed by atoms with van der Waals surface area (Å²) in [4.78, 5) is 15.7. The minimum absolute atomic E-state index is 0.0410.